The molecule has 0 heteroatoms. The highest BCUT2D eigenvalue weighted by Gasteiger charge is 2.26. The van der Waals surface area contributed by atoms with E-state index in [1.54, 1.807) is 0 Å². The van der Waals surface area contributed by atoms with Gasteiger partial charge in [-0.05, 0) is 35.1 Å². The van der Waals surface area contributed by atoms with Crippen LogP contribution in [0.1, 0.15) is 56.7 Å². The van der Waals surface area contributed by atoms with Crippen molar-refractivity contribution in [3.05, 3.63) is 71.3 Å². The van der Waals surface area contributed by atoms with Crippen molar-refractivity contribution in [2.24, 2.45) is 0 Å². The Balaban J connectivity index is 2.52. The average Bonchev–Trinajstić information content (AvgIpc) is 2.47. The highest BCUT2D eigenvalue weighted by Crippen LogP contribution is 2.36. The molecule has 0 nitrogen and oxygen atoms in total. The van der Waals surface area contributed by atoms with E-state index in [0.29, 0.717) is 5.92 Å². The predicted molar refractivity (Wildman–Crippen MR) is 82.6 cm³/mol. The molecule has 19 heavy (non-hydrogen) atoms. The third-order valence-corrected chi connectivity index (χ3v) is 4.16. The molecule has 1 atom stereocenters. The molecule has 0 heterocycles. The van der Waals surface area contributed by atoms with Gasteiger partial charge in [-0.25, -0.2) is 0 Å². The number of hydrogen-bond donors (Lipinski definition) is 0. The van der Waals surface area contributed by atoms with Gasteiger partial charge in [-0.3, -0.25) is 0 Å². The Kier molecular flexibility index (Phi) is 4.09. The third-order valence-electron chi connectivity index (χ3n) is 4.16. The van der Waals surface area contributed by atoms with Crippen LogP contribution in [0.2, 0.25) is 0 Å². The van der Waals surface area contributed by atoms with E-state index in [1.807, 2.05) is 12.1 Å². The molecule has 0 aromatic heterocycles. The number of rotatable bonds is 4. The van der Waals surface area contributed by atoms with Crippen molar-refractivity contribution in [1.29, 1.82) is 0 Å². The predicted octanol–water partition coefficient (Wildman–Crippen LogP) is 5.33. The van der Waals surface area contributed by atoms with Crippen LogP contribution in [0.15, 0.2) is 48.5 Å². The first-order chi connectivity index (χ1) is 9.07. The molecule has 0 N–H and O–H groups in total. The summed E-state index contributed by atoms with van der Waals surface area (Å²) in [5, 5.41) is 0. The Morgan fingerprint density at radius 1 is 1.05 bits per heavy atom. The van der Waals surface area contributed by atoms with E-state index in [-0.39, 0.29) is 5.41 Å². The fourth-order valence-corrected chi connectivity index (χ4v) is 2.64. The summed E-state index contributed by atoms with van der Waals surface area (Å²) in [6.07, 6.45) is 1.17. The molecule has 0 saturated heterocycles. The zero-order valence-electron chi connectivity index (χ0n) is 12.4. The summed E-state index contributed by atoms with van der Waals surface area (Å²) in [5.41, 5.74) is 4.14. The van der Waals surface area contributed by atoms with Gasteiger partial charge in [-0.15, -0.1) is 0 Å². The van der Waals surface area contributed by atoms with Crippen molar-refractivity contribution in [2.75, 3.05) is 0 Å². The molecule has 2 rings (SSSR count). The maximum atomic E-state index is 3.39. The first-order valence-electron chi connectivity index (χ1n) is 7.14. The first kappa shape index (κ1) is 13.9. The Labute approximate surface area is 117 Å². The summed E-state index contributed by atoms with van der Waals surface area (Å²) in [5.74, 6) is 0.596. The highest BCUT2D eigenvalue weighted by atomic mass is 14.3. The molecule has 2 aromatic rings. The fraction of sp³-hybridized carbons (Fsp3) is 0.368. The normalized spacial score (nSPS) is 13.3. The molecule has 99 valence electrons. The molecule has 1 radical (unpaired) electrons. The van der Waals surface area contributed by atoms with E-state index in [0.717, 1.165) is 0 Å². The van der Waals surface area contributed by atoms with Gasteiger partial charge in [0.1, 0.15) is 0 Å². The lowest BCUT2D eigenvalue weighted by molar-refractivity contribution is 0.611. The lowest BCUT2D eigenvalue weighted by atomic mass is 9.74. The molecular formula is C19H23. The van der Waals surface area contributed by atoms with Crippen LogP contribution >= 0.6 is 0 Å². The largest absolute Gasteiger partial charge is 0.0648 e. The van der Waals surface area contributed by atoms with Crippen LogP contribution in [0.25, 0.3) is 0 Å². The number of hydrogen-bond acceptors (Lipinski definition) is 0. The van der Waals surface area contributed by atoms with Crippen molar-refractivity contribution in [2.45, 2.75) is 45.4 Å². The molecule has 2 aromatic carbocycles. The highest BCUT2D eigenvalue weighted by molar-refractivity contribution is 5.43. The van der Waals surface area contributed by atoms with Crippen LogP contribution in [0.4, 0.5) is 0 Å². The maximum Gasteiger partial charge on any atom is 0.0155 e. The Morgan fingerprint density at radius 2 is 1.74 bits per heavy atom. The van der Waals surface area contributed by atoms with Crippen molar-refractivity contribution in [1.82, 2.24) is 0 Å². The summed E-state index contributed by atoms with van der Waals surface area (Å²) in [4.78, 5) is 0. The standard InChI is InChI=1S/C19H23/c1-5-15(2)17-13-9-10-14-18(17)19(3,4)16-11-7-6-8-12-16/h6-11,13-15H,5H2,1-4H3. The van der Waals surface area contributed by atoms with Gasteiger partial charge >= 0.3 is 0 Å². The number of benzene rings is 2. The van der Waals surface area contributed by atoms with Crippen LogP contribution in [-0.4, -0.2) is 0 Å². The van der Waals surface area contributed by atoms with E-state index in [2.05, 4.69) is 70.2 Å². The summed E-state index contributed by atoms with van der Waals surface area (Å²) in [7, 11) is 0. The summed E-state index contributed by atoms with van der Waals surface area (Å²) >= 11 is 0. The van der Waals surface area contributed by atoms with Gasteiger partial charge in [0, 0.05) is 5.41 Å². The molecule has 1 unspecified atom stereocenters. The van der Waals surface area contributed by atoms with Gasteiger partial charge in [0.05, 0.1) is 0 Å². The van der Waals surface area contributed by atoms with Gasteiger partial charge < -0.3 is 0 Å². The minimum absolute atomic E-state index is 0.00127. The van der Waals surface area contributed by atoms with Crippen LogP contribution in [-0.2, 0) is 5.41 Å². The van der Waals surface area contributed by atoms with Crippen molar-refractivity contribution < 1.29 is 0 Å². The van der Waals surface area contributed by atoms with E-state index in [9.17, 15) is 0 Å². The second-order valence-electron chi connectivity index (χ2n) is 5.80. The van der Waals surface area contributed by atoms with Crippen molar-refractivity contribution in [3.63, 3.8) is 0 Å². The molecular weight excluding hydrogens is 228 g/mol. The molecule has 0 saturated carbocycles. The van der Waals surface area contributed by atoms with Crippen LogP contribution < -0.4 is 0 Å². The van der Waals surface area contributed by atoms with Crippen LogP contribution in [0.3, 0.4) is 0 Å². The third kappa shape index (κ3) is 2.73. The van der Waals surface area contributed by atoms with E-state index >= 15 is 0 Å². The zero-order valence-corrected chi connectivity index (χ0v) is 12.4. The molecule has 0 aliphatic heterocycles. The second-order valence-corrected chi connectivity index (χ2v) is 5.80. The Hall–Kier alpha value is -1.56. The topological polar surface area (TPSA) is 0 Å². The zero-order chi connectivity index (χ0) is 13.9. The van der Waals surface area contributed by atoms with Gasteiger partial charge in [-0.1, -0.05) is 76.2 Å². The first-order valence-corrected chi connectivity index (χ1v) is 7.14. The van der Waals surface area contributed by atoms with Crippen LogP contribution in [0.5, 0.6) is 0 Å². The lowest BCUT2D eigenvalue weighted by Crippen LogP contribution is -2.21. The SMILES string of the molecule is CCC(C)c1ccccc1C(C)(C)c1[c]cccc1. The molecule has 0 amide bonds. The van der Waals surface area contributed by atoms with Gasteiger partial charge in [0.15, 0.2) is 0 Å². The van der Waals surface area contributed by atoms with Gasteiger partial charge in [-0.2, -0.15) is 0 Å². The Bertz CT molecular complexity index is 523. The summed E-state index contributed by atoms with van der Waals surface area (Å²) in [6, 6.07) is 20.5. The van der Waals surface area contributed by atoms with E-state index < -0.39 is 0 Å². The maximum absolute atomic E-state index is 3.39. The minimum atomic E-state index is 0.00127. The van der Waals surface area contributed by atoms with Gasteiger partial charge in [0.2, 0.25) is 0 Å². The molecule has 0 fully saturated rings. The van der Waals surface area contributed by atoms with Crippen molar-refractivity contribution in [3.8, 4) is 0 Å². The molecule has 0 aliphatic carbocycles. The molecule has 0 spiro atoms. The average molecular weight is 251 g/mol. The molecule has 0 aliphatic rings. The second kappa shape index (κ2) is 5.61. The monoisotopic (exact) mass is 251 g/mol. The smallest absolute Gasteiger partial charge is 0.0155 e. The minimum Gasteiger partial charge on any atom is -0.0648 e. The van der Waals surface area contributed by atoms with Crippen LogP contribution in [0, 0.1) is 6.07 Å². The van der Waals surface area contributed by atoms with E-state index in [4.69, 9.17) is 0 Å². The fourth-order valence-electron chi connectivity index (χ4n) is 2.64. The summed E-state index contributed by atoms with van der Waals surface area (Å²) < 4.78 is 0. The van der Waals surface area contributed by atoms with Gasteiger partial charge in [0.25, 0.3) is 0 Å². The Morgan fingerprint density at radius 3 is 2.37 bits per heavy atom. The molecule has 0 bridgehead atoms. The van der Waals surface area contributed by atoms with Crippen molar-refractivity contribution >= 4 is 0 Å². The quantitative estimate of drug-likeness (QED) is 0.689. The van der Waals surface area contributed by atoms with E-state index in [1.165, 1.54) is 23.1 Å². The lowest BCUT2D eigenvalue weighted by Gasteiger charge is -2.30. The summed E-state index contributed by atoms with van der Waals surface area (Å²) in [6.45, 7) is 9.15.